The second-order valence-electron chi connectivity index (χ2n) is 3.90. The summed E-state index contributed by atoms with van der Waals surface area (Å²) in [6, 6.07) is 7.62. The fraction of sp³-hybridized carbons (Fsp3) is 0.571. The van der Waals surface area contributed by atoms with Crippen LogP contribution in [0.15, 0.2) is 24.3 Å². The van der Waals surface area contributed by atoms with Crippen molar-refractivity contribution in [3.05, 3.63) is 24.3 Å². The van der Waals surface area contributed by atoms with Crippen LogP contribution in [-0.2, 0) is 18.0 Å². The number of methoxy groups -OCH3 is 1. The predicted octanol–water partition coefficient (Wildman–Crippen LogP) is 1.92. The van der Waals surface area contributed by atoms with Crippen molar-refractivity contribution in [2.45, 2.75) is 20.8 Å². The van der Waals surface area contributed by atoms with Crippen LogP contribution in [0.3, 0.4) is 0 Å². The summed E-state index contributed by atoms with van der Waals surface area (Å²) in [6.45, 7) is 7.52. The summed E-state index contributed by atoms with van der Waals surface area (Å²) in [5, 5.41) is 0.836. The van der Waals surface area contributed by atoms with Crippen LogP contribution in [0.4, 0.5) is 0 Å². The van der Waals surface area contributed by atoms with Crippen molar-refractivity contribution in [1.82, 2.24) is 0 Å². The van der Waals surface area contributed by atoms with E-state index in [1.54, 1.807) is 7.11 Å². The van der Waals surface area contributed by atoms with Crippen molar-refractivity contribution < 1.29 is 22.8 Å². The topological polar surface area (TPSA) is 46.2 Å². The molecule has 0 unspecified atom stereocenters. The Kier molecular flexibility index (Phi) is 7.79. The van der Waals surface area contributed by atoms with E-state index < -0.39 is 8.80 Å². The first-order valence-electron chi connectivity index (χ1n) is 6.87. The molecular formula is C14H24O5Si. The molecule has 0 aliphatic rings. The third-order valence-corrected chi connectivity index (χ3v) is 5.63. The molecule has 0 atom stereocenters. The molecule has 1 aromatic rings. The summed E-state index contributed by atoms with van der Waals surface area (Å²) in [4.78, 5) is 0. The van der Waals surface area contributed by atoms with E-state index in [-0.39, 0.29) is 6.79 Å². The molecule has 114 valence electrons. The summed E-state index contributed by atoms with van der Waals surface area (Å²) >= 11 is 0. The second kappa shape index (κ2) is 9.09. The zero-order chi connectivity index (χ0) is 14.8. The Hall–Kier alpha value is -0.923. The monoisotopic (exact) mass is 300 g/mol. The molecule has 0 aliphatic carbocycles. The number of rotatable bonds is 10. The highest BCUT2D eigenvalue weighted by Crippen LogP contribution is 2.18. The van der Waals surface area contributed by atoms with Crippen molar-refractivity contribution in [3.8, 4) is 5.75 Å². The third kappa shape index (κ3) is 4.29. The van der Waals surface area contributed by atoms with E-state index in [9.17, 15) is 0 Å². The maximum absolute atomic E-state index is 5.89. The fourth-order valence-corrected chi connectivity index (χ4v) is 4.51. The van der Waals surface area contributed by atoms with Gasteiger partial charge in [0.25, 0.3) is 0 Å². The van der Waals surface area contributed by atoms with Crippen LogP contribution in [-0.4, -0.2) is 42.5 Å². The Bertz CT molecular complexity index is 369. The third-order valence-electron chi connectivity index (χ3n) is 2.55. The largest absolute Gasteiger partial charge is 0.541 e. The molecule has 0 N–H and O–H groups in total. The lowest BCUT2D eigenvalue weighted by Gasteiger charge is -2.29. The maximum atomic E-state index is 5.89. The lowest BCUT2D eigenvalue weighted by molar-refractivity contribution is 0.0497. The van der Waals surface area contributed by atoms with Gasteiger partial charge < -0.3 is 22.8 Å². The van der Waals surface area contributed by atoms with Gasteiger partial charge in [-0.3, -0.25) is 0 Å². The van der Waals surface area contributed by atoms with E-state index in [0.717, 1.165) is 5.19 Å². The second-order valence-corrected chi connectivity index (χ2v) is 6.42. The van der Waals surface area contributed by atoms with Gasteiger partial charge >= 0.3 is 8.80 Å². The minimum Gasteiger partial charge on any atom is -0.467 e. The molecule has 0 heterocycles. The van der Waals surface area contributed by atoms with Gasteiger partial charge in [-0.1, -0.05) is 18.2 Å². The van der Waals surface area contributed by atoms with Crippen molar-refractivity contribution in [2.24, 2.45) is 0 Å². The van der Waals surface area contributed by atoms with Crippen LogP contribution in [0.25, 0.3) is 0 Å². The highest BCUT2D eigenvalue weighted by molar-refractivity contribution is 6.76. The first-order chi connectivity index (χ1) is 9.74. The van der Waals surface area contributed by atoms with E-state index in [0.29, 0.717) is 25.6 Å². The Morgan fingerprint density at radius 2 is 1.45 bits per heavy atom. The van der Waals surface area contributed by atoms with Crippen LogP contribution in [0.2, 0.25) is 0 Å². The van der Waals surface area contributed by atoms with Crippen LogP contribution >= 0.6 is 0 Å². The normalized spacial score (nSPS) is 11.6. The number of para-hydroxylation sites is 1. The molecule has 0 aliphatic heterocycles. The summed E-state index contributed by atoms with van der Waals surface area (Å²) in [7, 11) is -1.36. The molecule has 1 aromatic carbocycles. The van der Waals surface area contributed by atoms with Gasteiger partial charge in [-0.05, 0) is 26.8 Å². The molecule has 6 heteroatoms. The molecule has 0 radical (unpaired) electrons. The van der Waals surface area contributed by atoms with E-state index in [1.165, 1.54) is 0 Å². The number of hydrogen-bond donors (Lipinski definition) is 0. The van der Waals surface area contributed by atoms with E-state index in [4.69, 9.17) is 22.8 Å². The summed E-state index contributed by atoms with van der Waals surface area (Å²) in [6.07, 6.45) is 0. The van der Waals surface area contributed by atoms with Crippen LogP contribution in [0.1, 0.15) is 20.8 Å². The van der Waals surface area contributed by atoms with Crippen LogP contribution in [0.5, 0.6) is 5.75 Å². The first kappa shape index (κ1) is 17.1. The van der Waals surface area contributed by atoms with Crippen molar-refractivity contribution >= 4 is 14.0 Å². The highest BCUT2D eigenvalue weighted by Gasteiger charge is 2.45. The zero-order valence-corrected chi connectivity index (χ0v) is 13.7. The standard InChI is InChI=1S/C14H24O5Si/c1-5-17-20(18-6-2,19-7-3)14-11-9-8-10-13(14)16-12-15-4/h8-11H,5-7,12H2,1-4H3. The van der Waals surface area contributed by atoms with Crippen molar-refractivity contribution in [3.63, 3.8) is 0 Å². The molecule has 0 saturated heterocycles. The van der Waals surface area contributed by atoms with Gasteiger partial charge in [0.1, 0.15) is 5.75 Å². The van der Waals surface area contributed by atoms with Gasteiger partial charge in [0.05, 0.1) is 5.19 Å². The Morgan fingerprint density at radius 3 is 1.95 bits per heavy atom. The van der Waals surface area contributed by atoms with Gasteiger partial charge in [0.15, 0.2) is 6.79 Å². The van der Waals surface area contributed by atoms with Crippen LogP contribution in [0, 0.1) is 0 Å². The fourth-order valence-electron chi connectivity index (χ4n) is 1.90. The lowest BCUT2D eigenvalue weighted by Crippen LogP contribution is -2.57. The van der Waals surface area contributed by atoms with Crippen molar-refractivity contribution in [2.75, 3.05) is 33.7 Å². The molecule has 0 amide bonds. The molecule has 1 rings (SSSR count). The van der Waals surface area contributed by atoms with Gasteiger partial charge in [0.2, 0.25) is 0 Å². The van der Waals surface area contributed by atoms with Gasteiger partial charge in [-0.2, -0.15) is 0 Å². The molecule has 0 bridgehead atoms. The van der Waals surface area contributed by atoms with Gasteiger partial charge in [-0.15, -0.1) is 0 Å². The molecule has 0 aromatic heterocycles. The highest BCUT2D eigenvalue weighted by atomic mass is 28.4. The van der Waals surface area contributed by atoms with E-state index >= 15 is 0 Å². The molecule has 5 nitrogen and oxygen atoms in total. The van der Waals surface area contributed by atoms with Gasteiger partial charge in [0, 0.05) is 26.9 Å². The predicted molar refractivity (Wildman–Crippen MR) is 79.2 cm³/mol. The van der Waals surface area contributed by atoms with E-state index in [2.05, 4.69) is 0 Å². The molecule has 0 saturated carbocycles. The van der Waals surface area contributed by atoms with Crippen LogP contribution < -0.4 is 9.92 Å². The number of ether oxygens (including phenoxy) is 2. The number of benzene rings is 1. The van der Waals surface area contributed by atoms with E-state index in [1.807, 2.05) is 45.0 Å². The molecule has 0 spiro atoms. The SMILES string of the molecule is CCO[Si](OCC)(OCC)c1ccccc1OCOC. The summed E-state index contributed by atoms with van der Waals surface area (Å²) < 4.78 is 28.2. The minimum absolute atomic E-state index is 0.172. The minimum atomic E-state index is -2.95. The quantitative estimate of drug-likeness (QED) is 0.488. The molecule has 0 fully saturated rings. The van der Waals surface area contributed by atoms with Crippen molar-refractivity contribution in [1.29, 1.82) is 0 Å². The van der Waals surface area contributed by atoms with Gasteiger partial charge in [-0.25, -0.2) is 0 Å². The Balaban J connectivity index is 3.16. The lowest BCUT2D eigenvalue weighted by atomic mass is 10.3. The Morgan fingerprint density at radius 1 is 0.900 bits per heavy atom. The summed E-state index contributed by atoms with van der Waals surface area (Å²) in [5.41, 5.74) is 0. The molecule has 20 heavy (non-hydrogen) atoms. The average Bonchev–Trinajstić information content (AvgIpc) is 2.46. The average molecular weight is 300 g/mol. The Labute approximate surface area is 122 Å². The summed E-state index contributed by atoms with van der Waals surface area (Å²) in [5.74, 6) is 0.677. The molecular weight excluding hydrogens is 276 g/mol. The maximum Gasteiger partial charge on any atom is 0.541 e. The smallest absolute Gasteiger partial charge is 0.467 e. The zero-order valence-electron chi connectivity index (χ0n) is 12.7. The first-order valence-corrected chi connectivity index (χ1v) is 8.59. The number of hydrogen-bond acceptors (Lipinski definition) is 5.